The molecule has 0 radical (unpaired) electrons. The third-order valence-electron chi connectivity index (χ3n) is 2.95. The Bertz CT molecular complexity index is 566. The van der Waals surface area contributed by atoms with Gasteiger partial charge in [-0.3, -0.25) is 0 Å². The predicted molar refractivity (Wildman–Crippen MR) is 79.7 cm³/mol. The van der Waals surface area contributed by atoms with Gasteiger partial charge in [-0.2, -0.15) is 0 Å². The lowest BCUT2D eigenvalue weighted by molar-refractivity contribution is 0.478. The molecule has 2 rings (SSSR count). The summed E-state index contributed by atoms with van der Waals surface area (Å²) in [5.41, 5.74) is 3.45. The van der Waals surface area contributed by atoms with Gasteiger partial charge in [-0.15, -0.1) is 11.6 Å². The van der Waals surface area contributed by atoms with E-state index in [0.29, 0.717) is 5.88 Å². The zero-order chi connectivity index (χ0) is 13.1. The van der Waals surface area contributed by atoms with E-state index in [0.717, 1.165) is 27.1 Å². The standard InChI is InChI=1S/C15H14BrClO/c1-10-4-3-5-15(11(10)2)18-13-7-6-12(9-17)14(16)8-13/h3-8H,9H2,1-2H3. The summed E-state index contributed by atoms with van der Waals surface area (Å²) in [7, 11) is 0. The Labute approximate surface area is 121 Å². The largest absolute Gasteiger partial charge is 0.457 e. The third kappa shape index (κ3) is 2.88. The van der Waals surface area contributed by atoms with Crippen LogP contribution in [0.1, 0.15) is 16.7 Å². The second-order valence-electron chi connectivity index (χ2n) is 4.19. The monoisotopic (exact) mass is 324 g/mol. The molecule has 0 bridgehead atoms. The number of halogens is 2. The molecule has 0 unspecified atom stereocenters. The van der Waals surface area contributed by atoms with E-state index in [2.05, 4.69) is 35.8 Å². The summed E-state index contributed by atoms with van der Waals surface area (Å²) in [5.74, 6) is 2.19. The van der Waals surface area contributed by atoms with Gasteiger partial charge in [0.1, 0.15) is 11.5 Å². The maximum absolute atomic E-state index is 5.90. The summed E-state index contributed by atoms with van der Waals surface area (Å²) < 4.78 is 6.87. The Morgan fingerprint density at radius 3 is 2.61 bits per heavy atom. The quantitative estimate of drug-likeness (QED) is 0.668. The minimum Gasteiger partial charge on any atom is -0.457 e. The smallest absolute Gasteiger partial charge is 0.130 e. The maximum atomic E-state index is 5.90. The first-order chi connectivity index (χ1) is 8.61. The van der Waals surface area contributed by atoms with Gasteiger partial charge >= 0.3 is 0 Å². The molecule has 0 aliphatic carbocycles. The molecule has 0 aliphatic heterocycles. The van der Waals surface area contributed by atoms with Crippen LogP contribution in [0, 0.1) is 13.8 Å². The maximum Gasteiger partial charge on any atom is 0.130 e. The van der Waals surface area contributed by atoms with Gasteiger partial charge in [0.05, 0.1) is 0 Å². The highest BCUT2D eigenvalue weighted by molar-refractivity contribution is 9.10. The summed E-state index contributed by atoms with van der Waals surface area (Å²) in [5, 5.41) is 0. The molecular weight excluding hydrogens is 312 g/mol. The summed E-state index contributed by atoms with van der Waals surface area (Å²) in [6, 6.07) is 11.9. The fourth-order valence-electron chi connectivity index (χ4n) is 1.66. The van der Waals surface area contributed by atoms with Crippen molar-refractivity contribution in [1.82, 2.24) is 0 Å². The van der Waals surface area contributed by atoms with Gasteiger partial charge in [-0.25, -0.2) is 0 Å². The van der Waals surface area contributed by atoms with E-state index in [-0.39, 0.29) is 0 Å². The van der Waals surface area contributed by atoms with E-state index in [1.807, 2.05) is 30.3 Å². The van der Waals surface area contributed by atoms with Crippen molar-refractivity contribution >= 4 is 27.5 Å². The first-order valence-corrected chi connectivity index (χ1v) is 7.03. The average Bonchev–Trinajstić information content (AvgIpc) is 2.35. The molecule has 0 amide bonds. The van der Waals surface area contributed by atoms with Gasteiger partial charge in [0, 0.05) is 10.4 Å². The second kappa shape index (κ2) is 5.77. The molecule has 0 N–H and O–H groups in total. The lowest BCUT2D eigenvalue weighted by atomic mass is 10.1. The van der Waals surface area contributed by atoms with Crippen LogP contribution in [0.3, 0.4) is 0 Å². The average molecular weight is 326 g/mol. The van der Waals surface area contributed by atoms with Gasteiger partial charge in [-0.05, 0) is 48.7 Å². The van der Waals surface area contributed by atoms with Crippen molar-refractivity contribution in [3.63, 3.8) is 0 Å². The molecule has 1 nitrogen and oxygen atoms in total. The number of benzene rings is 2. The lowest BCUT2D eigenvalue weighted by Gasteiger charge is -2.11. The van der Waals surface area contributed by atoms with Gasteiger partial charge in [0.25, 0.3) is 0 Å². The molecule has 0 fully saturated rings. The summed E-state index contributed by atoms with van der Waals surface area (Å²) in [6.07, 6.45) is 0. The van der Waals surface area contributed by atoms with Crippen molar-refractivity contribution in [2.45, 2.75) is 19.7 Å². The minimum atomic E-state index is 0.490. The van der Waals surface area contributed by atoms with Crippen LogP contribution >= 0.6 is 27.5 Å². The first kappa shape index (κ1) is 13.4. The Hall–Kier alpha value is -0.990. The number of hydrogen-bond acceptors (Lipinski definition) is 1. The van der Waals surface area contributed by atoms with Crippen molar-refractivity contribution in [2.24, 2.45) is 0 Å². The molecule has 3 heteroatoms. The molecule has 0 atom stereocenters. The SMILES string of the molecule is Cc1cccc(Oc2ccc(CCl)c(Br)c2)c1C. The van der Waals surface area contributed by atoms with Gasteiger partial charge in [0.2, 0.25) is 0 Å². The second-order valence-corrected chi connectivity index (χ2v) is 5.31. The van der Waals surface area contributed by atoms with Crippen LogP contribution in [0.15, 0.2) is 40.9 Å². The van der Waals surface area contributed by atoms with Gasteiger partial charge in [0.15, 0.2) is 0 Å². The highest BCUT2D eigenvalue weighted by Gasteiger charge is 2.05. The highest BCUT2D eigenvalue weighted by Crippen LogP contribution is 2.30. The minimum absolute atomic E-state index is 0.490. The number of aryl methyl sites for hydroxylation is 1. The summed E-state index contributed by atoms with van der Waals surface area (Å²) >= 11 is 9.31. The molecule has 0 saturated carbocycles. The Kier molecular flexibility index (Phi) is 4.31. The molecule has 0 saturated heterocycles. The third-order valence-corrected chi connectivity index (χ3v) is 3.98. The normalized spacial score (nSPS) is 10.4. The molecule has 2 aromatic carbocycles. The van der Waals surface area contributed by atoms with Gasteiger partial charge < -0.3 is 4.74 Å². The Morgan fingerprint density at radius 2 is 1.94 bits per heavy atom. The van der Waals surface area contributed by atoms with Crippen molar-refractivity contribution in [3.05, 3.63) is 57.6 Å². The van der Waals surface area contributed by atoms with E-state index in [1.54, 1.807) is 0 Å². The van der Waals surface area contributed by atoms with E-state index >= 15 is 0 Å². The lowest BCUT2D eigenvalue weighted by Crippen LogP contribution is -1.90. The summed E-state index contributed by atoms with van der Waals surface area (Å²) in [6.45, 7) is 4.14. The van der Waals surface area contributed by atoms with Crippen molar-refractivity contribution < 1.29 is 4.74 Å². The fourth-order valence-corrected chi connectivity index (χ4v) is 2.55. The van der Waals surface area contributed by atoms with Crippen molar-refractivity contribution in [2.75, 3.05) is 0 Å². The Morgan fingerprint density at radius 1 is 1.17 bits per heavy atom. The molecule has 18 heavy (non-hydrogen) atoms. The number of alkyl halides is 1. The molecular formula is C15H14BrClO. The molecule has 0 aliphatic rings. The zero-order valence-corrected chi connectivity index (χ0v) is 12.7. The van der Waals surface area contributed by atoms with Gasteiger partial charge in [-0.1, -0.05) is 34.1 Å². The topological polar surface area (TPSA) is 9.23 Å². The van der Waals surface area contributed by atoms with E-state index in [9.17, 15) is 0 Å². The predicted octanol–water partition coefficient (Wildman–Crippen LogP) is 5.60. The molecule has 0 spiro atoms. The number of ether oxygens (including phenoxy) is 1. The Balaban J connectivity index is 2.29. The van der Waals surface area contributed by atoms with Crippen LogP contribution in [-0.2, 0) is 5.88 Å². The van der Waals surface area contributed by atoms with Crippen LogP contribution in [0.5, 0.6) is 11.5 Å². The van der Waals surface area contributed by atoms with E-state index in [1.165, 1.54) is 5.56 Å². The fraction of sp³-hybridized carbons (Fsp3) is 0.200. The van der Waals surface area contributed by atoms with Crippen molar-refractivity contribution in [3.8, 4) is 11.5 Å². The molecule has 2 aromatic rings. The summed E-state index contributed by atoms with van der Waals surface area (Å²) in [4.78, 5) is 0. The molecule has 0 heterocycles. The van der Waals surface area contributed by atoms with Crippen LogP contribution in [-0.4, -0.2) is 0 Å². The van der Waals surface area contributed by atoms with Crippen molar-refractivity contribution in [1.29, 1.82) is 0 Å². The number of hydrogen-bond donors (Lipinski definition) is 0. The van der Waals surface area contributed by atoms with E-state index in [4.69, 9.17) is 16.3 Å². The molecule has 0 aromatic heterocycles. The van der Waals surface area contributed by atoms with Crippen LogP contribution in [0.4, 0.5) is 0 Å². The molecule has 94 valence electrons. The number of rotatable bonds is 3. The van der Waals surface area contributed by atoms with Crippen LogP contribution < -0.4 is 4.74 Å². The highest BCUT2D eigenvalue weighted by atomic mass is 79.9. The van der Waals surface area contributed by atoms with E-state index < -0.39 is 0 Å². The first-order valence-electron chi connectivity index (χ1n) is 5.70. The van der Waals surface area contributed by atoms with Crippen LogP contribution in [0.25, 0.3) is 0 Å². The van der Waals surface area contributed by atoms with Crippen LogP contribution in [0.2, 0.25) is 0 Å². The zero-order valence-electron chi connectivity index (χ0n) is 10.3.